The molecule has 0 unspecified atom stereocenters. The molecule has 0 amide bonds. The zero-order valence-corrected chi connectivity index (χ0v) is 14.0. The summed E-state index contributed by atoms with van der Waals surface area (Å²) in [7, 11) is -2.38. The fourth-order valence-electron chi connectivity index (χ4n) is 1.61. The second kappa shape index (κ2) is 8.45. The molecule has 1 N–H and O–H groups in total. The number of hydrogen-bond donors (Lipinski definition) is 1. The first-order chi connectivity index (χ1) is 9.86. The number of methoxy groups -OCH3 is 1. The number of benzene rings is 1. The summed E-state index contributed by atoms with van der Waals surface area (Å²) in [6.45, 7) is 0.237. The van der Waals surface area contributed by atoms with E-state index in [9.17, 15) is 17.6 Å². The molecular weight excluding hydrogens is 365 g/mol. The van der Waals surface area contributed by atoms with Crippen LogP contribution in [0.4, 0.5) is 4.39 Å². The van der Waals surface area contributed by atoms with E-state index in [0.717, 1.165) is 6.07 Å². The van der Waals surface area contributed by atoms with Crippen LogP contribution in [0, 0.1) is 5.82 Å². The number of rotatable bonds is 8. The van der Waals surface area contributed by atoms with E-state index >= 15 is 0 Å². The Hall–Kier alpha value is -0.990. The summed E-state index contributed by atoms with van der Waals surface area (Å²) in [5.74, 6) is -0.906. The largest absolute Gasteiger partial charge is 0.469 e. The van der Waals surface area contributed by atoms with E-state index in [1.165, 1.54) is 19.2 Å². The molecule has 0 aliphatic heterocycles. The Balaban J connectivity index is 2.40. The van der Waals surface area contributed by atoms with Crippen LogP contribution in [0.1, 0.15) is 25.7 Å². The lowest BCUT2D eigenvalue weighted by Crippen LogP contribution is -2.25. The first kappa shape index (κ1) is 18.1. The van der Waals surface area contributed by atoms with Crippen molar-refractivity contribution in [1.29, 1.82) is 0 Å². The highest BCUT2D eigenvalue weighted by Crippen LogP contribution is 2.19. The summed E-state index contributed by atoms with van der Waals surface area (Å²) in [6, 6.07) is 3.64. The third-order valence-electron chi connectivity index (χ3n) is 2.78. The number of sulfonamides is 1. The summed E-state index contributed by atoms with van der Waals surface area (Å²) in [5, 5.41) is 0. The second-order valence-electron chi connectivity index (χ2n) is 4.36. The van der Waals surface area contributed by atoms with Crippen LogP contribution in [0.25, 0.3) is 0 Å². The highest BCUT2D eigenvalue weighted by molar-refractivity contribution is 9.10. The first-order valence-electron chi connectivity index (χ1n) is 6.38. The van der Waals surface area contributed by atoms with E-state index in [0.29, 0.717) is 25.7 Å². The number of esters is 1. The third-order valence-corrected chi connectivity index (χ3v) is 4.88. The van der Waals surface area contributed by atoms with Gasteiger partial charge in [0.1, 0.15) is 5.82 Å². The number of carbonyl (C=O) groups excluding carboxylic acids is 1. The Bertz CT molecular complexity index is 592. The number of carbonyl (C=O) groups is 1. The van der Waals surface area contributed by atoms with Crippen molar-refractivity contribution in [3.05, 3.63) is 28.5 Å². The van der Waals surface area contributed by atoms with Crippen LogP contribution in [-0.2, 0) is 19.6 Å². The zero-order valence-electron chi connectivity index (χ0n) is 11.6. The van der Waals surface area contributed by atoms with Gasteiger partial charge in [-0.05, 0) is 47.0 Å². The molecule has 0 fully saturated rings. The van der Waals surface area contributed by atoms with Gasteiger partial charge in [0.15, 0.2) is 0 Å². The van der Waals surface area contributed by atoms with Crippen molar-refractivity contribution in [1.82, 2.24) is 4.72 Å². The predicted molar refractivity (Wildman–Crippen MR) is 79.8 cm³/mol. The molecule has 1 rings (SSSR count). The number of halogens is 2. The smallest absolute Gasteiger partial charge is 0.305 e. The van der Waals surface area contributed by atoms with Crippen molar-refractivity contribution in [2.24, 2.45) is 0 Å². The maximum Gasteiger partial charge on any atom is 0.305 e. The fourth-order valence-corrected chi connectivity index (χ4v) is 2.94. The minimum absolute atomic E-state index is 0.113. The molecule has 21 heavy (non-hydrogen) atoms. The highest BCUT2D eigenvalue weighted by Gasteiger charge is 2.15. The Morgan fingerprint density at radius 1 is 1.33 bits per heavy atom. The normalized spacial score (nSPS) is 11.4. The van der Waals surface area contributed by atoms with Crippen LogP contribution in [0.3, 0.4) is 0 Å². The summed E-state index contributed by atoms with van der Waals surface area (Å²) >= 11 is 2.97. The first-order valence-corrected chi connectivity index (χ1v) is 8.66. The Labute approximate surface area is 132 Å². The average molecular weight is 382 g/mol. The molecule has 0 saturated carbocycles. The Morgan fingerprint density at radius 3 is 2.67 bits per heavy atom. The van der Waals surface area contributed by atoms with E-state index < -0.39 is 15.8 Å². The molecule has 118 valence electrons. The van der Waals surface area contributed by atoms with Gasteiger partial charge in [0.2, 0.25) is 10.0 Å². The van der Waals surface area contributed by atoms with Gasteiger partial charge >= 0.3 is 5.97 Å². The quantitative estimate of drug-likeness (QED) is 0.554. The minimum atomic E-state index is -3.71. The molecule has 5 nitrogen and oxygen atoms in total. The SMILES string of the molecule is COC(=O)CCCCCNS(=O)(=O)c1ccc(Br)c(F)c1. The van der Waals surface area contributed by atoms with E-state index in [4.69, 9.17) is 0 Å². The van der Waals surface area contributed by atoms with Crippen LogP contribution in [-0.4, -0.2) is 28.0 Å². The van der Waals surface area contributed by atoms with Gasteiger partial charge in [0.25, 0.3) is 0 Å². The van der Waals surface area contributed by atoms with Gasteiger partial charge in [-0.2, -0.15) is 0 Å². The van der Waals surface area contributed by atoms with Crippen LogP contribution >= 0.6 is 15.9 Å². The molecule has 1 aromatic carbocycles. The molecule has 0 spiro atoms. The molecule has 8 heteroatoms. The molecule has 1 aromatic rings. The molecule has 0 aliphatic carbocycles. The van der Waals surface area contributed by atoms with E-state index in [1.54, 1.807) is 0 Å². The lowest BCUT2D eigenvalue weighted by Gasteiger charge is -2.07. The van der Waals surface area contributed by atoms with Gasteiger partial charge in [0.05, 0.1) is 16.5 Å². The number of unbranched alkanes of at least 4 members (excludes halogenated alkanes) is 2. The molecular formula is C13H17BrFNO4S. The van der Waals surface area contributed by atoms with Crippen molar-refractivity contribution in [2.45, 2.75) is 30.6 Å². The summed E-state index contributed by atoms with van der Waals surface area (Å²) < 4.78 is 44.3. The van der Waals surface area contributed by atoms with Crippen molar-refractivity contribution in [2.75, 3.05) is 13.7 Å². The number of nitrogens with one attached hydrogen (secondary N) is 1. The number of hydrogen-bond acceptors (Lipinski definition) is 4. The van der Waals surface area contributed by atoms with Gasteiger partial charge in [-0.1, -0.05) is 6.42 Å². The maximum atomic E-state index is 13.3. The van der Waals surface area contributed by atoms with Gasteiger partial charge in [-0.15, -0.1) is 0 Å². The number of ether oxygens (including phenoxy) is 1. The van der Waals surface area contributed by atoms with Crippen molar-refractivity contribution < 1.29 is 22.3 Å². The molecule has 0 radical (unpaired) electrons. The highest BCUT2D eigenvalue weighted by atomic mass is 79.9. The van der Waals surface area contributed by atoms with Crippen molar-refractivity contribution >= 4 is 31.9 Å². The van der Waals surface area contributed by atoms with E-state index in [2.05, 4.69) is 25.4 Å². The molecule has 0 bridgehead atoms. The maximum absolute atomic E-state index is 13.3. The van der Waals surface area contributed by atoms with Crippen LogP contribution < -0.4 is 4.72 Å². The molecule has 0 atom stereocenters. The lowest BCUT2D eigenvalue weighted by atomic mass is 10.2. The van der Waals surface area contributed by atoms with Crippen molar-refractivity contribution in [3.63, 3.8) is 0 Å². The molecule has 0 heterocycles. The molecule has 0 saturated heterocycles. The van der Waals surface area contributed by atoms with Crippen LogP contribution in [0.2, 0.25) is 0 Å². The van der Waals surface area contributed by atoms with Gasteiger partial charge in [-0.25, -0.2) is 17.5 Å². The van der Waals surface area contributed by atoms with Crippen LogP contribution in [0.15, 0.2) is 27.6 Å². The summed E-state index contributed by atoms with van der Waals surface area (Å²) in [6.07, 6.45) is 2.25. The summed E-state index contributed by atoms with van der Waals surface area (Å²) in [5.41, 5.74) is 0. The minimum Gasteiger partial charge on any atom is -0.469 e. The predicted octanol–water partition coefficient (Wildman–Crippen LogP) is 2.60. The summed E-state index contributed by atoms with van der Waals surface area (Å²) in [4.78, 5) is 10.8. The lowest BCUT2D eigenvalue weighted by molar-refractivity contribution is -0.140. The average Bonchev–Trinajstić information content (AvgIpc) is 2.45. The van der Waals surface area contributed by atoms with Gasteiger partial charge < -0.3 is 4.74 Å². The standard InChI is InChI=1S/C13H17BrFNO4S/c1-20-13(17)5-3-2-4-8-16-21(18,19)10-6-7-11(14)12(15)9-10/h6-7,9,16H,2-5,8H2,1H3. The third kappa shape index (κ3) is 6.11. The van der Waals surface area contributed by atoms with Crippen molar-refractivity contribution in [3.8, 4) is 0 Å². The zero-order chi connectivity index (χ0) is 15.9. The monoisotopic (exact) mass is 381 g/mol. The Kier molecular flexibility index (Phi) is 7.27. The van der Waals surface area contributed by atoms with Gasteiger partial charge in [0, 0.05) is 13.0 Å². The van der Waals surface area contributed by atoms with E-state index in [-0.39, 0.29) is 21.9 Å². The molecule has 0 aliphatic rings. The van der Waals surface area contributed by atoms with E-state index in [1.807, 2.05) is 0 Å². The van der Waals surface area contributed by atoms with Gasteiger partial charge in [-0.3, -0.25) is 4.79 Å². The Morgan fingerprint density at radius 2 is 2.05 bits per heavy atom. The fraction of sp³-hybridized carbons (Fsp3) is 0.462. The van der Waals surface area contributed by atoms with Crippen LogP contribution in [0.5, 0.6) is 0 Å². The topological polar surface area (TPSA) is 72.5 Å². The molecule has 0 aromatic heterocycles. The second-order valence-corrected chi connectivity index (χ2v) is 6.98.